The Morgan fingerprint density at radius 2 is 2.19 bits per heavy atom. The molecule has 0 aliphatic carbocycles. The predicted molar refractivity (Wildman–Crippen MR) is 104 cm³/mol. The van der Waals surface area contributed by atoms with Crippen molar-refractivity contribution < 1.29 is 17.9 Å². The number of aliphatic imine (C=N–C) groups is 1. The summed E-state index contributed by atoms with van der Waals surface area (Å²) in [7, 11) is 3.40. The van der Waals surface area contributed by atoms with Crippen LogP contribution in [0.4, 0.5) is 19.1 Å². The van der Waals surface area contributed by atoms with E-state index in [9.17, 15) is 13.2 Å². The summed E-state index contributed by atoms with van der Waals surface area (Å²) in [4.78, 5) is 13.6. The first-order chi connectivity index (χ1) is 11.9. The van der Waals surface area contributed by atoms with Crippen LogP contribution in [-0.4, -0.2) is 67.8 Å². The third kappa shape index (κ3) is 6.74. The van der Waals surface area contributed by atoms with Crippen LogP contribution in [0.3, 0.4) is 0 Å². The number of nitrogens with one attached hydrogen (secondary N) is 2. The number of aromatic nitrogens is 2. The van der Waals surface area contributed by atoms with Gasteiger partial charge < -0.3 is 20.3 Å². The first kappa shape index (κ1) is 22.7. The monoisotopic (exact) mass is 488 g/mol. The van der Waals surface area contributed by atoms with Crippen molar-refractivity contribution in [3.63, 3.8) is 0 Å². The summed E-state index contributed by atoms with van der Waals surface area (Å²) in [5.41, 5.74) is -0.963. The number of rotatable bonds is 6. The minimum atomic E-state index is -4.48. The van der Waals surface area contributed by atoms with E-state index < -0.39 is 11.9 Å². The lowest BCUT2D eigenvalue weighted by Gasteiger charge is -2.21. The molecule has 1 unspecified atom stereocenters. The van der Waals surface area contributed by atoms with Crippen molar-refractivity contribution in [2.45, 2.75) is 12.6 Å². The molecule has 1 fully saturated rings. The molecule has 148 valence electrons. The number of halogens is 4. The molecule has 1 aliphatic heterocycles. The lowest BCUT2D eigenvalue weighted by molar-refractivity contribution is -0.141. The van der Waals surface area contributed by atoms with E-state index in [1.165, 1.54) is 0 Å². The number of alkyl halides is 3. The fourth-order valence-corrected chi connectivity index (χ4v) is 2.68. The zero-order chi connectivity index (χ0) is 18.3. The quantitative estimate of drug-likeness (QED) is 0.277. The fraction of sp³-hybridized carbons (Fsp3) is 0.667. The van der Waals surface area contributed by atoms with Crippen LogP contribution in [0.2, 0.25) is 0 Å². The number of anilines is 1. The lowest BCUT2D eigenvalue weighted by atomic mass is 10.1. The van der Waals surface area contributed by atoms with Gasteiger partial charge in [0.25, 0.3) is 0 Å². The summed E-state index contributed by atoms with van der Waals surface area (Å²) in [6, 6.07) is 0.842. The summed E-state index contributed by atoms with van der Waals surface area (Å²) in [5, 5.41) is 5.96. The van der Waals surface area contributed by atoms with E-state index in [4.69, 9.17) is 4.74 Å². The highest BCUT2D eigenvalue weighted by Crippen LogP contribution is 2.27. The highest BCUT2D eigenvalue weighted by Gasteiger charge is 2.32. The molecule has 1 atom stereocenters. The van der Waals surface area contributed by atoms with E-state index in [1.54, 1.807) is 14.2 Å². The largest absolute Gasteiger partial charge is 0.433 e. The zero-order valence-electron chi connectivity index (χ0n) is 14.7. The second-order valence-corrected chi connectivity index (χ2v) is 5.72. The van der Waals surface area contributed by atoms with E-state index in [2.05, 4.69) is 30.5 Å². The molecule has 1 aromatic heterocycles. The zero-order valence-corrected chi connectivity index (χ0v) is 17.0. The molecular weight excluding hydrogens is 464 g/mol. The van der Waals surface area contributed by atoms with Gasteiger partial charge in [-0.05, 0) is 12.5 Å². The average Bonchev–Trinajstić information content (AvgIpc) is 3.03. The number of guanidine groups is 1. The van der Waals surface area contributed by atoms with Crippen LogP contribution >= 0.6 is 24.0 Å². The van der Waals surface area contributed by atoms with Gasteiger partial charge in [0.15, 0.2) is 5.96 Å². The number of methoxy groups -OCH3 is 1. The maximum atomic E-state index is 12.6. The molecule has 0 saturated carbocycles. The number of hydrogen-bond acceptors (Lipinski definition) is 5. The van der Waals surface area contributed by atoms with E-state index in [-0.39, 0.29) is 29.9 Å². The Morgan fingerprint density at radius 1 is 1.42 bits per heavy atom. The molecule has 2 rings (SSSR count). The fourth-order valence-electron chi connectivity index (χ4n) is 2.68. The third-order valence-electron chi connectivity index (χ3n) is 3.84. The van der Waals surface area contributed by atoms with Crippen molar-refractivity contribution in [3.05, 3.63) is 18.0 Å². The SMILES string of the molecule is CN=C(NCCNc1nccc(C(F)(F)F)n1)N1CCC(COC)C1.I. The minimum absolute atomic E-state index is 0. The van der Waals surface area contributed by atoms with E-state index in [1.807, 2.05) is 0 Å². The van der Waals surface area contributed by atoms with Crippen molar-refractivity contribution in [2.75, 3.05) is 52.3 Å². The molecule has 0 aromatic carbocycles. The Balaban J connectivity index is 0.00000338. The van der Waals surface area contributed by atoms with Crippen LogP contribution in [0, 0.1) is 5.92 Å². The second-order valence-electron chi connectivity index (χ2n) is 5.72. The van der Waals surface area contributed by atoms with Crippen molar-refractivity contribution >= 4 is 35.9 Å². The van der Waals surface area contributed by atoms with Crippen molar-refractivity contribution in [1.82, 2.24) is 20.2 Å². The predicted octanol–water partition coefficient (Wildman–Crippen LogP) is 2.07. The Hall–Kier alpha value is -1.37. The molecule has 1 aromatic rings. The Morgan fingerprint density at radius 3 is 2.85 bits per heavy atom. The first-order valence-corrected chi connectivity index (χ1v) is 8.02. The molecule has 0 bridgehead atoms. The van der Waals surface area contributed by atoms with Gasteiger partial charge in [-0.25, -0.2) is 9.97 Å². The van der Waals surface area contributed by atoms with Gasteiger partial charge in [0.1, 0.15) is 5.69 Å². The van der Waals surface area contributed by atoms with Crippen LogP contribution in [-0.2, 0) is 10.9 Å². The average molecular weight is 488 g/mol. The molecule has 2 N–H and O–H groups in total. The molecule has 0 spiro atoms. The highest BCUT2D eigenvalue weighted by molar-refractivity contribution is 14.0. The number of likely N-dealkylation sites (tertiary alicyclic amines) is 1. The molecule has 11 heteroatoms. The van der Waals surface area contributed by atoms with Crippen LogP contribution in [0.15, 0.2) is 17.3 Å². The summed E-state index contributed by atoms with van der Waals surface area (Å²) in [5.74, 6) is 1.21. The van der Waals surface area contributed by atoms with Crippen LogP contribution < -0.4 is 10.6 Å². The van der Waals surface area contributed by atoms with E-state index in [0.29, 0.717) is 19.0 Å². The van der Waals surface area contributed by atoms with Gasteiger partial charge in [-0.15, -0.1) is 24.0 Å². The molecule has 2 heterocycles. The summed E-state index contributed by atoms with van der Waals surface area (Å²) in [6.45, 7) is 3.35. The van der Waals surface area contributed by atoms with Crippen LogP contribution in [0.5, 0.6) is 0 Å². The third-order valence-corrected chi connectivity index (χ3v) is 3.84. The first-order valence-electron chi connectivity index (χ1n) is 8.02. The molecule has 26 heavy (non-hydrogen) atoms. The molecule has 1 aliphatic rings. The van der Waals surface area contributed by atoms with Crippen molar-refractivity contribution in [2.24, 2.45) is 10.9 Å². The van der Waals surface area contributed by atoms with Gasteiger partial charge in [-0.3, -0.25) is 4.99 Å². The van der Waals surface area contributed by atoms with E-state index >= 15 is 0 Å². The maximum absolute atomic E-state index is 12.6. The topological polar surface area (TPSA) is 74.7 Å². The summed E-state index contributed by atoms with van der Waals surface area (Å²) < 4.78 is 43.0. The van der Waals surface area contributed by atoms with Gasteiger partial charge >= 0.3 is 6.18 Å². The minimum Gasteiger partial charge on any atom is -0.384 e. The van der Waals surface area contributed by atoms with Gasteiger partial charge in [0.2, 0.25) is 5.95 Å². The Bertz CT molecular complexity index is 587. The van der Waals surface area contributed by atoms with Crippen LogP contribution in [0.1, 0.15) is 12.1 Å². The van der Waals surface area contributed by atoms with Gasteiger partial charge in [-0.1, -0.05) is 0 Å². The number of hydrogen-bond donors (Lipinski definition) is 2. The molecule has 0 radical (unpaired) electrons. The summed E-state index contributed by atoms with van der Waals surface area (Å²) >= 11 is 0. The van der Waals surface area contributed by atoms with Crippen molar-refractivity contribution in [1.29, 1.82) is 0 Å². The molecule has 7 nitrogen and oxygen atoms in total. The molecule has 1 saturated heterocycles. The molecular formula is C15H24F3IN6O. The smallest absolute Gasteiger partial charge is 0.384 e. The number of ether oxygens (including phenoxy) is 1. The summed E-state index contributed by atoms with van der Waals surface area (Å²) in [6.07, 6.45) is -2.34. The lowest BCUT2D eigenvalue weighted by Crippen LogP contribution is -2.42. The molecule has 0 amide bonds. The second kappa shape index (κ2) is 10.7. The maximum Gasteiger partial charge on any atom is 0.433 e. The standard InChI is InChI=1S/C15H23F3N6O.HI/c1-19-14(24-8-4-11(9-24)10-25-2)22-7-6-21-13-20-5-3-12(23-13)15(16,17)18;/h3,5,11H,4,6-10H2,1-2H3,(H,19,22)(H,20,21,23);1H. The van der Waals surface area contributed by atoms with Crippen molar-refractivity contribution in [3.8, 4) is 0 Å². The highest BCUT2D eigenvalue weighted by atomic mass is 127. The van der Waals surface area contributed by atoms with Crippen LogP contribution in [0.25, 0.3) is 0 Å². The van der Waals surface area contributed by atoms with E-state index in [0.717, 1.165) is 44.3 Å². The van der Waals surface area contributed by atoms with Gasteiger partial charge in [0.05, 0.1) is 6.61 Å². The van der Waals surface area contributed by atoms with Gasteiger partial charge in [0, 0.05) is 52.5 Å². The van der Waals surface area contributed by atoms with Gasteiger partial charge in [-0.2, -0.15) is 13.2 Å². The Kier molecular flexibility index (Phi) is 9.33. The normalized spacial score (nSPS) is 17.8. The Labute approximate surface area is 167 Å². The number of nitrogens with zero attached hydrogens (tertiary/aromatic N) is 4.